The second kappa shape index (κ2) is 7.54. The molecule has 0 unspecified atom stereocenters. The number of carbonyl (C=O) groups excluding carboxylic acids is 1. The number of amides is 1. The molecule has 3 aromatic rings. The van der Waals surface area contributed by atoms with Crippen molar-refractivity contribution in [2.75, 3.05) is 6.54 Å². The van der Waals surface area contributed by atoms with Gasteiger partial charge in [0.05, 0.1) is 6.26 Å². The predicted molar refractivity (Wildman–Crippen MR) is 83.4 cm³/mol. The zero-order valence-corrected chi connectivity index (χ0v) is 12.9. The summed E-state index contributed by atoms with van der Waals surface area (Å²) in [6, 6.07) is 9.98. The zero-order chi connectivity index (χ0) is 16.8. The molecule has 0 fully saturated rings. The topological polar surface area (TPSA) is 81.2 Å². The molecule has 1 amide bonds. The molecule has 2 heterocycles. The number of nitrogens with zero attached hydrogens (tertiary/aromatic N) is 2. The van der Waals surface area contributed by atoms with E-state index in [2.05, 4.69) is 15.5 Å². The molecule has 0 spiro atoms. The van der Waals surface area contributed by atoms with Crippen LogP contribution in [-0.4, -0.2) is 22.6 Å². The summed E-state index contributed by atoms with van der Waals surface area (Å²) in [5, 5.41) is 6.54. The third kappa shape index (κ3) is 4.07. The molecule has 0 atom stereocenters. The molecule has 1 N–H and O–H groups in total. The average Bonchev–Trinajstić information content (AvgIpc) is 3.26. The van der Waals surface area contributed by atoms with Gasteiger partial charge in [-0.3, -0.25) is 4.79 Å². The van der Waals surface area contributed by atoms with E-state index in [1.54, 1.807) is 30.3 Å². The van der Waals surface area contributed by atoms with Crippen LogP contribution in [0, 0.1) is 5.82 Å². The molecule has 0 aliphatic rings. The highest BCUT2D eigenvalue weighted by Crippen LogP contribution is 2.16. The summed E-state index contributed by atoms with van der Waals surface area (Å²) < 4.78 is 23.7. The molecule has 0 radical (unpaired) electrons. The highest BCUT2D eigenvalue weighted by molar-refractivity contribution is 5.76. The normalized spacial score (nSPS) is 10.7. The molecule has 0 saturated heterocycles. The van der Waals surface area contributed by atoms with Crippen molar-refractivity contribution in [2.24, 2.45) is 0 Å². The van der Waals surface area contributed by atoms with Crippen LogP contribution in [0.25, 0.3) is 11.6 Å². The minimum atomic E-state index is -0.261. The van der Waals surface area contributed by atoms with Crippen LogP contribution in [0.15, 0.2) is 51.6 Å². The lowest BCUT2D eigenvalue weighted by molar-refractivity contribution is -0.121. The highest BCUT2D eigenvalue weighted by atomic mass is 19.1. The third-order valence-corrected chi connectivity index (χ3v) is 3.45. The number of nitrogens with one attached hydrogen (secondary N) is 1. The van der Waals surface area contributed by atoms with Gasteiger partial charge in [-0.15, -0.1) is 0 Å². The average molecular weight is 329 g/mol. The molecule has 0 bridgehead atoms. The Bertz CT molecular complexity index is 799. The van der Waals surface area contributed by atoms with Gasteiger partial charge in [-0.05, 0) is 30.2 Å². The molecule has 1 aromatic carbocycles. The van der Waals surface area contributed by atoms with Crippen LogP contribution in [0.3, 0.4) is 0 Å². The second-order valence-electron chi connectivity index (χ2n) is 5.18. The summed E-state index contributed by atoms with van der Waals surface area (Å²) in [5.41, 5.74) is 0.581. The van der Waals surface area contributed by atoms with Crippen molar-refractivity contribution in [3.63, 3.8) is 0 Å². The lowest BCUT2D eigenvalue weighted by Crippen LogP contribution is -2.26. The van der Waals surface area contributed by atoms with Gasteiger partial charge in [-0.2, -0.15) is 4.98 Å². The summed E-state index contributed by atoms with van der Waals surface area (Å²) in [6.07, 6.45) is 2.52. The Morgan fingerprint density at radius 2 is 2.04 bits per heavy atom. The maximum absolute atomic E-state index is 13.5. The smallest absolute Gasteiger partial charge is 0.238 e. The number of furan rings is 1. The molecular weight excluding hydrogens is 313 g/mol. The predicted octanol–water partition coefficient (Wildman–Crippen LogP) is 2.76. The largest absolute Gasteiger partial charge is 0.461 e. The molecule has 3 rings (SSSR count). The Hall–Kier alpha value is -2.96. The van der Waals surface area contributed by atoms with E-state index in [1.807, 2.05) is 0 Å². The van der Waals surface area contributed by atoms with Gasteiger partial charge < -0.3 is 14.3 Å². The number of rotatable bonds is 7. The van der Waals surface area contributed by atoms with Crippen LogP contribution in [0.2, 0.25) is 0 Å². The molecule has 124 valence electrons. The van der Waals surface area contributed by atoms with Crippen molar-refractivity contribution >= 4 is 5.91 Å². The van der Waals surface area contributed by atoms with E-state index in [1.165, 1.54) is 12.3 Å². The number of hydrogen-bond donors (Lipinski definition) is 1. The van der Waals surface area contributed by atoms with Gasteiger partial charge in [0.25, 0.3) is 0 Å². The summed E-state index contributed by atoms with van der Waals surface area (Å²) in [5.74, 6) is 0.826. The van der Waals surface area contributed by atoms with Gasteiger partial charge in [-0.1, -0.05) is 23.4 Å². The number of benzene rings is 1. The SMILES string of the molecule is O=C(CCc1nc(-c2ccco2)no1)NCCc1ccccc1F. The van der Waals surface area contributed by atoms with E-state index in [4.69, 9.17) is 8.94 Å². The number of carbonyl (C=O) groups is 1. The lowest BCUT2D eigenvalue weighted by Gasteiger charge is -2.05. The highest BCUT2D eigenvalue weighted by Gasteiger charge is 2.12. The Morgan fingerprint density at radius 3 is 2.83 bits per heavy atom. The molecule has 0 aliphatic heterocycles. The maximum atomic E-state index is 13.5. The van der Waals surface area contributed by atoms with Gasteiger partial charge >= 0.3 is 0 Å². The maximum Gasteiger partial charge on any atom is 0.238 e. The molecule has 24 heavy (non-hydrogen) atoms. The minimum Gasteiger partial charge on any atom is -0.461 e. The van der Waals surface area contributed by atoms with Crippen molar-refractivity contribution < 1.29 is 18.1 Å². The standard InChI is InChI=1S/C17H16FN3O3/c18-13-5-2-1-4-12(13)9-10-19-15(22)7-8-16-20-17(21-24-16)14-6-3-11-23-14/h1-6,11H,7-10H2,(H,19,22). The summed E-state index contributed by atoms with van der Waals surface area (Å²) >= 11 is 0. The van der Waals surface area contributed by atoms with Gasteiger partial charge in [-0.25, -0.2) is 4.39 Å². The first-order valence-electron chi connectivity index (χ1n) is 7.59. The third-order valence-electron chi connectivity index (χ3n) is 3.45. The van der Waals surface area contributed by atoms with Crippen LogP contribution in [0.1, 0.15) is 17.9 Å². The zero-order valence-electron chi connectivity index (χ0n) is 12.9. The summed E-state index contributed by atoms with van der Waals surface area (Å²) in [4.78, 5) is 16.0. The first-order chi connectivity index (χ1) is 11.7. The van der Waals surface area contributed by atoms with Gasteiger partial charge in [0.2, 0.25) is 17.6 Å². The number of aryl methyl sites for hydroxylation is 1. The summed E-state index contributed by atoms with van der Waals surface area (Å²) in [6.45, 7) is 0.376. The van der Waals surface area contributed by atoms with Crippen molar-refractivity contribution in [3.05, 3.63) is 59.9 Å². The van der Waals surface area contributed by atoms with E-state index in [0.717, 1.165) is 0 Å². The quantitative estimate of drug-likeness (QED) is 0.721. The van der Waals surface area contributed by atoms with Crippen LogP contribution in [-0.2, 0) is 17.6 Å². The fourth-order valence-electron chi connectivity index (χ4n) is 2.21. The van der Waals surface area contributed by atoms with Crippen LogP contribution in [0.4, 0.5) is 4.39 Å². The fraction of sp³-hybridized carbons (Fsp3) is 0.235. The molecule has 0 aliphatic carbocycles. The van der Waals surface area contributed by atoms with Crippen LogP contribution < -0.4 is 5.32 Å². The van der Waals surface area contributed by atoms with E-state index >= 15 is 0 Å². The first-order valence-corrected chi connectivity index (χ1v) is 7.59. The Kier molecular flexibility index (Phi) is 5.00. The van der Waals surface area contributed by atoms with E-state index in [9.17, 15) is 9.18 Å². The first kappa shape index (κ1) is 15.9. The van der Waals surface area contributed by atoms with Crippen LogP contribution in [0.5, 0.6) is 0 Å². The Labute approximate surface area is 137 Å². The molecular formula is C17H16FN3O3. The van der Waals surface area contributed by atoms with Crippen molar-refractivity contribution in [3.8, 4) is 11.6 Å². The number of hydrogen-bond acceptors (Lipinski definition) is 5. The molecule has 6 nitrogen and oxygen atoms in total. The Balaban J connectivity index is 1.42. The second-order valence-corrected chi connectivity index (χ2v) is 5.18. The van der Waals surface area contributed by atoms with Crippen LogP contribution >= 0.6 is 0 Å². The number of halogens is 1. The van der Waals surface area contributed by atoms with Gasteiger partial charge in [0.15, 0.2) is 5.76 Å². The Morgan fingerprint density at radius 1 is 1.17 bits per heavy atom. The summed E-state index contributed by atoms with van der Waals surface area (Å²) in [7, 11) is 0. The van der Waals surface area contributed by atoms with Crippen molar-refractivity contribution in [2.45, 2.75) is 19.3 Å². The van der Waals surface area contributed by atoms with E-state index in [0.29, 0.717) is 42.4 Å². The van der Waals surface area contributed by atoms with E-state index in [-0.39, 0.29) is 18.1 Å². The molecule has 7 heteroatoms. The van der Waals surface area contributed by atoms with Gasteiger partial charge in [0, 0.05) is 19.4 Å². The van der Waals surface area contributed by atoms with Crippen molar-refractivity contribution in [1.82, 2.24) is 15.5 Å². The fourth-order valence-corrected chi connectivity index (χ4v) is 2.21. The lowest BCUT2D eigenvalue weighted by atomic mass is 10.1. The number of aromatic nitrogens is 2. The van der Waals surface area contributed by atoms with E-state index < -0.39 is 0 Å². The minimum absolute atomic E-state index is 0.149. The molecule has 0 saturated carbocycles. The van der Waals surface area contributed by atoms with Crippen molar-refractivity contribution in [1.29, 1.82) is 0 Å². The monoisotopic (exact) mass is 329 g/mol. The van der Waals surface area contributed by atoms with Gasteiger partial charge in [0.1, 0.15) is 5.82 Å². The molecule has 2 aromatic heterocycles.